The molecular formula is C14H21NO3. The fraction of sp³-hybridized carbons (Fsp3) is 0.500. The van der Waals surface area contributed by atoms with Crippen molar-refractivity contribution in [3.8, 4) is 0 Å². The maximum absolute atomic E-state index is 11.7. The van der Waals surface area contributed by atoms with E-state index in [2.05, 4.69) is 0 Å². The lowest BCUT2D eigenvalue weighted by molar-refractivity contribution is 0.0150. The highest BCUT2D eigenvalue weighted by molar-refractivity contribution is 5.97. The third-order valence-corrected chi connectivity index (χ3v) is 2.89. The lowest BCUT2D eigenvalue weighted by Gasteiger charge is -2.17. The SMILES string of the molecule is CC(C)C(=O)c1ccc(C(O)C(O)CCN)cc1. The minimum absolute atomic E-state index is 0.0522. The lowest BCUT2D eigenvalue weighted by Crippen LogP contribution is -2.21. The van der Waals surface area contributed by atoms with Crippen molar-refractivity contribution in [2.75, 3.05) is 6.54 Å². The highest BCUT2D eigenvalue weighted by atomic mass is 16.3. The van der Waals surface area contributed by atoms with Gasteiger partial charge >= 0.3 is 0 Å². The molecule has 0 saturated heterocycles. The zero-order valence-corrected chi connectivity index (χ0v) is 10.8. The van der Waals surface area contributed by atoms with Gasteiger partial charge < -0.3 is 15.9 Å². The number of aliphatic hydroxyl groups is 2. The minimum Gasteiger partial charge on any atom is -0.390 e. The second-order valence-electron chi connectivity index (χ2n) is 4.73. The molecule has 0 heterocycles. The topological polar surface area (TPSA) is 83.5 Å². The van der Waals surface area contributed by atoms with Crippen LogP contribution in [0.1, 0.15) is 42.3 Å². The van der Waals surface area contributed by atoms with Gasteiger partial charge in [0.05, 0.1) is 6.10 Å². The van der Waals surface area contributed by atoms with Crippen molar-refractivity contribution < 1.29 is 15.0 Å². The lowest BCUT2D eigenvalue weighted by atomic mass is 9.97. The molecule has 0 spiro atoms. The van der Waals surface area contributed by atoms with Gasteiger partial charge in [-0.1, -0.05) is 38.1 Å². The van der Waals surface area contributed by atoms with Gasteiger partial charge in [0.15, 0.2) is 5.78 Å². The van der Waals surface area contributed by atoms with Crippen LogP contribution in [0.5, 0.6) is 0 Å². The first-order valence-electron chi connectivity index (χ1n) is 6.17. The van der Waals surface area contributed by atoms with Crippen LogP contribution in [-0.4, -0.2) is 28.6 Å². The summed E-state index contributed by atoms with van der Waals surface area (Å²) in [6, 6.07) is 6.69. The Labute approximate surface area is 107 Å². The van der Waals surface area contributed by atoms with E-state index in [1.54, 1.807) is 24.3 Å². The molecule has 100 valence electrons. The van der Waals surface area contributed by atoms with Crippen LogP contribution in [-0.2, 0) is 0 Å². The summed E-state index contributed by atoms with van der Waals surface area (Å²) in [7, 11) is 0. The Morgan fingerprint density at radius 1 is 1.22 bits per heavy atom. The van der Waals surface area contributed by atoms with E-state index in [1.807, 2.05) is 13.8 Å². The van der Waals surface area contributed by atoms with Crippen LogP contribution in [0.25, 0.3) is 0 Å². The molecule has 0 bridgehead atoms. The zero-order chi connectivity index (χ0) is 13.7. The molecule has 1 rings (SSSR count). The molecule has 4 N–H and O–H groups in total. The molecule has 4 heteroatoms. The Bertz CT molecular complexity index is 387. The molecule has 0 aromatic heterocycles. The summed E-state index contributed by atoms with van der Waals surface area (Å²) in [5, 5.41) is 19.5. The summed E-state index contributed by atoms with van der Waals surface area (Å²) >= 11 is 0. The molecule has 18 heavy (non-hydrogen) atoms. The number of carbonyl (C=O) groups excluding carboxylic acids is 1. The van der Waals surface area contributed by atoms with Crippen LogP contribution >= 0.6 is 0 Å². The molecule has 0 amide bonds. The van der Waals surface area contributed by atoms with Crippen LogP contribution in [0.15, 0.2) is 24.3 Å². The van der Waals surface area contributed by atoms with Gasteiger partial charge in [-0.05, 0) is 18.5 Å². The second kappa shape index (κ2) is 6.64. The van der Waals surface area contributed by atoms with E-state index < -0.39 is 12.2 Å². The highest BCUT2D eigenvalue weighted by Gasteiger charge is 2.18. The Morgan fingerprint density at radius 3 is 2.22 bits per heavy atom. The van der Waals surface area contributed by atoms with Crippen molar-refractivity contribution >= 4 is 5.78 Å². The molecule has 2 unspecified atom stereocenters. The van der Waals surface area contributed by atoms with Crippen LogP contribution in [0.2, 0.25) is 0 Å². The summed E-state index contributed by atoms with van der Waals surface area (Å²) in [5.41, 5.74) is 6.54. The zero-order valence-electron chi connectivity index (χ0n) is 10.8. The number of aliphatic hydroxyl groups excluding tert-OH is 2. The maximum atomic E-state index is 11.7. The fourth-order valence-electron chi connectivity index (χ4n) is 1.73. The van der Waals surface area contributed by atoms with E-state index in [1.165, 1.54) is 0 Å². The summed E-state index contributed by atoms with van der Waals surface area (Å²) in [6.45, 7) is 4.01. The van der Waals surface area contributed by atoms with Crippen LogP contribution in [0, 0.1) is 5.92 Å². The van der Waals surface area contributed by atoms with Gasteiger partial charge in [0.25, 0.3) is 0 Å². The van der Waals surface area contributed by atoms with Gasteiger partial charge in [-0.2, -0.15) is 0 Å². The van der Waals surface area contributed by atoms with Crippen LogP contribution < -0.4 is 5.73 Å². The number of benzene rings is 1. The molecular weight excluding hydrogens is 230 g/mol. The first kappa shape index (κ1) is 14.8. The van der Waals surface area contributed by atoms with Crippen LogP contribution in [0.3, 0.4) is 0 Å². The summed E-state index contributed by atoms with van der Waals surface area (Å²) in [6.07, 6.45) is -1.49. The molecule has 0 fully saturated rings. The third kappa shape index (κ3) is 3.63. The van der Waals surface area contributed by atoms with E-state index >= 15 is 0 Å². The van der Waals surface area contributed by atoms with Gasteiger partial charge in [0.1, 0.15) is 6.10 Å². The molecule has 0 saturated carbocycles. The smallest absolute Gasteiger partial charge is 0.165 e. The normalized spacial score (nSPS) is 14.6. The first-order chi connectivity index (χ1) is 8.47. The van der Waals surface area contributed by atoms with Gasteiger partial charge in [0.2, 0.25) is 0 Å². The van der Waals surface area contributed by atoms with Crippen molar-refractivity contribution in [3.05, 3.63) is 35.4 Å². The summed E-state index contributed by atoms with van der Waals surface area (Å²) in [4.78, 5) is 11.7. The fourth-order valence-corrected chi connectivity index (χ4v) is 1.73. The number of ketones is 1. The molecule has 2 atom stereocenters. The average molecular weight is 251 g/mol. The highest BCUT2D eigenvalue weighted by Crippen LogP contribution is 2.20. The molecule has 0 aliphatic rings. The van der Waals surface area contributed by atoms with Gasteiger partial charge in [-0.15, -0.1) is 0 Å². The molecule has 0 aliphatic carbocycles. The minimum atomic E-state index is -0.961. The largest absolute Gasteiger partial charge is 0.390 e. The van der Waals surface area contributed by atoms with Crippen molar-refractivity contribution in [1.29, 1.82) is 0 Å². The quantitative estimate of drug-likeness (QED) is 0.665. The van der Waals surface area contributed by atoms with Crippen molar-refractivity contribution in [2.45, 2.75) is 32.5 Å². The predicted octanol–water partition coefficient (Wildman–Crippen LogP) is 1.27. The van der Waals surface area contributed by atoms with Crippen molar-refractivity contribution in [2.24, 2.45) is 11.7 Å². The third-order valence-electron chi connectivity index (χ3n) is 2.89. The van der Waals surface area contributed by atoms with E-state index in [4.69, 9.17) is 5.73 Å². The molecule has 1 aromatic carbocycles. The average Bonchev–Trinajstić information content (AvgIpc) is 2.37. The summed E-state index contributed by atoms with van der Waals surface area (Å²) < 4.78 is 0. The molecule has 1 aromatic rings. The van der Waals surface area contributed by atoms with Gasteiger partial charge in [0, 0.05) is 11.5 Å². The first-order valence-corrected chi connectivity index (χ1v) is 6.17. The van der Waals surface area contributed by atoms with Crippen molar-refractivity contribution in [1.82, 2.24) is 0 Å². The van der Waals surface area contributed by atoms with Crippen molar-refractivity contribution in [3.63, 3.8) is 0 Å². The Kier molecular flexibility index (Phi) is 5.47. The number of nitrogens with two attached hydrogens (primary N) is 1. The van der Waals surface area contributed by atoms with Gasteiger partial charge in [-0.25, -0.2) is 0 Å². The Morgan fingerprint density at radius 2 is 1.78 bits per heavy atom. The number of carbonyl (C=O) groups is 1. The number of hydrogen-bond donors (Lipinski definition) is 3. The number of Topliss-reactive ketones (excluding diaryl/α,β-unsaturated/α-hetero) is 1. The molecule has 0 aliphatic heterocycles. The van der Waals surface area contributed by atoms with Crippen LogP contribution in [0.4, 0.5) is 0 Å². The maximum Gasteiger partial charge on any atom is 0.165 e. The second-order valence-corrected chi connectivity index (χ2v) is 4.73. The Hall–Kier alpha value is -1.23. The molecule has 0 radical (unpaired) electrons. The molecule has 4 nitrogen and oxygen atoms in total. The predicted molar refractivity (Wildman–Crippen MR) is 70.2 cm³/mol. The van der Waals surface area contributed by atoms with E-state index in [9.17, 15) is 15.0 Å². The standard InChI is InChI=1S/C14H21NO3/c1-9(2)13(17)10-3-5-11(6-4-10)14(18)12(16)7-8-15/h3-6,9,12,14,16,18H,7-8,15H2,1-2H3. The monoisotopic (exact) mass is 251 g/mol. The summed E-state index contributed by atoms with van der Waals surface area (Å²) in [5.74, 6) is 0.0159. The number of hydrogen-bond acceptors (Lipinski definition) is 4. The number of rotatable bonds is 6. The van der Waals surface area contributed by atoms with E-state index in [0.29, 0.717) is 24.1 Å². The van der Waals surface area contributed by atoms with Gasteiger partial charge in [-0.3, -0.25) is 4.79 Å². The van der Waals surface area contributed by atoms with E-state index in [-0.39, 0.29) is 11.7 Å². The Balaban J connectivity index is 2.79. The van der Waals surface area contributed by atoms with E-state index in [0.717, 1.165) is 0 Å².